The first-order valence-corrected chi connectivity index (χ1v) is 15.9. The lowest BCUT2D eigenvalue weighted by atomic mass is 9.85. The van der Waals surface area contributed by atoms with Gasteiger partial charge in [0.25, 0.3) is 0 Å². The van der Waals surface area contributed by atoms with E-state index < -0.39 is 17.6 Å². The molecule has 3 fully saturated rings. The van der Waals surface area contributed by atoms with Crippen LogP contribution in [0.15, 0.2) is 23.0 Å². The SMILES string of the molecule is Cn1c(=O)n(C2CCC(=O)NC2=O)c2ccc(CCCN3CCN(C[C@H]4CC[C@H](NC(=O)OC(C)(C)C)CC4)CC3)cc21. The lowest BCUT2D eigenvalue weighted by Crippen LogP contribution is -2.48. The second kappa shape index (κ2) is 13.2. The number of nitrogens with one attached hydrogen (secondary N) is 2. The van der Waals surface area contributed by atoms with E-state index in [0.717, 1.165) is 88.8 Å². The molecule has 1 aromatic heterocycles. The summed E-state index contributed by atoms with van der Waals surface area (Å²) in [7, 11) is 1.74. The largest absolute Gasteiger partial charge is 0.444 e. The Bertz CT molecular complexity index is 1380. The fraction of sp³-hybridized carbons (Fsp3) is 0.688. The van der Waals surface area contributed by atoms with Gasteiger partial charge in [0.1, 0.15) is 11.6 Å². The van der Waals surface area contributed by atoms with E-state index in [0.29, 0.717) is 12.3 Å². The topological polar surface area (TPSA) is 118 Å². The number of imide groups is 1. The van der Waals surface area contributed by atoms with Crippen LogP contribution in [-0.2, 0) is 27.8 Å². The molecular weight excluding hydrogens is 548 g/mol. The van der Waals surface area contributed by atoms with Gasteiger partial charge in [-0.25, -0.2) is 9.59 Å². The molecular formula is C32H48N6O5. The average molecular weight is 597 g/mol. The summed E-state index contributed by atoms with van der Waals surface area (Å²) in [4.78, 5) is 54.3. The van der Waals surface area contributed by atoms with Crippen molar-refractivity contribution in [2.75, 3.05) is 39.3 Å². The molecule has 3 heterocycles. The summed E-state index contributed by atoms with van der Waals surface area (Å²) >= 11 is 0. The molecule has 1 atom stereocenters. The first-order chi connectivity index (χ1) is 20.5. The number of nitrogens with zero attached hydrogens (tertiary/aromatic N) is 4. The smallest absolute Gasteiger partial charge is 0.407 e. The Balaban J connectivity index is 1.03. The summed E-state index contributed by atoms with van der Waals surface area (Å²) in [5.41, 5.74) is 2.03. The van der Waals surface area contributed by atoms with Crippen LogP contribution >= 0.6 is 0 Å². The lowest BCUT2D eigenvalue weighted by molar-refractivity contribution is -0.135. The van der Waals surface area contributed by atoms with E-state index in [1.807, 2.05) is 26.8 Å². The number of aryl methyl sites for hydroxylation is 2. The third kappa shape index (κ3) is 7.86. The maximum atomic E-state index is 13.0. The number of ether oxygens (including phenoxy) is 1. The molecule has 3 amide bonds. The maximum Gasteiger partial charge on any atom is 0.407 e. The van der Waals surface area contributed by atoms with Crippen LogP contribution in [0.25, 0.3) is 11.0 Å². The van der Waals surface area contributed by atoms with Crippen LogP contribution in [0.3, 0.4) is 0 Å². The van der Waals surface area contributed by atoms with Gasteiger partial charge in [-0.05, 0) is 95.9 Å². The fourth-order valence-electron chi connectivity index (χ4n) is 6.83. The van der Waals surface area contributed by atoms with Crippen LogP contribution in [-0.4, -0.2) is 87.8 Å². The van der Waals surface area contributed by atoms with E-state index in [-0.39, 0.29) is 30.2 Å². The average Bonchev–Trinajstić information content (AvgIpc) is 3.19. The predicted octanol–water partition coefficient (Wildman–Crippen LogP) is 2.95. The zero-order valence-electron chi connectivity index (χ0n) is 26.2. The molecule has 11 nitrogen and oxygen atoms in total. The van der Waals surface area contributed by atoms with Gasteiger partial charge in [0.05, 0.1) is 11.0 Å². The molecule has 0 radical (unpaired) electrons. The van der Waals surface area contributed by atoms with Crippen LogP contribution in [0, 0.1) is 5.92 Å². The zero-order valence-corrected chi connectivity index (χ0v) is 26.2. The maximum absolute atomic E-state index is 13.0. The van der Waals surface area contributed by atoms with Gasteiger partial charge in [-0.3, -0.25) is 24.0 Å². The quantitative estimate of drug-likeness (QED) is 0.450. The molecule has 2 aromatic rings. The van der Waals surface area contributed by atoms with Crippen LogP contribution in [0.2, 0.25) is 0 Å². The minimum Gasteiger partial charge on any atom is -0.444 e. The number of piperazine rings is 1. The molecule has 3 aliphatic rings. The molecule has 0 spiro atoms. The van der Waals surface area contributed by atoms with Crippen molar-refractivity contribution in [3.8, 4) is 0 Å². The van der Waals surface area contributed by atoms with Crippen molar-refractivity contribution in [3.05, 3.63) is 34.2 Å². The Kier molecular flexibility index (Phi) is 9.60. The number of piperidine rings is 1. The summed E-state index contributed by atoms with van der Waals surface area (Å²) in [6.07, 6.45) is 6.57. The third-order valence-corrected chi connectivity index (χ3v) is 9.16. The minimum atomic E-state index is -0.658. The van der Waals surface area contributed by atoms with Gasteiger partial charge in [-0.15, -0.1) is 0 Å². The van der Waals surface area contributed by atoms with E-state index in [1.54, 1.807) is 11.6 Å². The van der Waals surface area contributed by atoms with Crippen molar-refractivity contribution in [1.29, 1.82) is 0 Å². The third-order valence-electron chi connectivity index (χ3n) is 9.16. The van der Waals surface area contributed by atoms with Crippen molar-refractivity contribution in [2.45, 2.75) is 89.8 Å². The molecule has 43 heavy (non-hydrogen) atoms. The highest BCUT2D eigenvalue weighted by Gasteiger charge is 2.31. The summed E-state index contributed by atoms with van der Waals surface area (Å²) in [6.45, 7) is 12.2. The molecule has 1 aliphatic carbocycles. The van der Waals surface area contributed by atoms with Crippen molar-refractivity contribution >= 4 is 28.9 Å². The molecule has 236 valence electrons. The number of alkyl carbamates (subject to hydrolysis) is 1. The van der Waals surface area contributed by atoms with Gasteiger partial charge < -0.3 is 19.9 Å². The number of rotatable bonds is 8. The van der Waals surface area contributed by atoms with Crippen molar-refractivity contribution in [1.82, 2.24) is 29.6 Å². The monoisotopic (exact) mass is 596 g/mol. The summed E-state index contributed by atoms with van der Waals surface area (Å²) in [6, 6.07) is 5.62. The van der Waals surface area contributed by atoms with Gasteiger partial charge in [0, 0.05) is 52.2 Å². The number of hydrogen-bond acceptors (Lipinski definition) is 7. The molecule has 11 heteroatoms. The molecule has 2 N–H and O–H groups in total. The first kappa shape index (κ1) is 31.3. The normalized spacial score (nSPS) is 24.2. The second-order valence-corrected chi connectivity index (χ2v) is 13.6. The Labute approximate surface area is 253 Å². The van der Waals surface area contributed by atoms with E-state index in [4.69, 9.17) is 4.74 Å². The standard InChI is InChI=1S/C32H48N6O5/c1-32(2,3)43-30(41)33-24-10-7-23(8-11-24)21-37-18-16-36(17-19-37)15-5-6-22-9-12-25-27(20-22)35(4)31(42)38(25)26-13-14-28(39)34-29(26)40/h9,12,20,23-24,26H,5-8,10-11,13-19,21H2,1-4H3,(H,33,41)(H,34,39,40)/t23-,24-,26?. The van der Waals surface area contributed by atoms with E-state index in [9.17, 15) is 19.2 Å². The van der Waals surface area contributed by atoms with Crippen molar-refractivity contribution in [2.24, 2.45) is 13.0 Å². The molecule has 2 aliphatic heterocycles. The molecule has 1 saturated carbocycles. The second-order valence-electron chi connectivity index (χ2n) is 13.6. The zero-order chi connectivity index (χ0) is 30.7. The predicted molar refractivity (Wildman–Crippen MR) is 165 cm³/mol. The molecule has 5 rings (SSSR count). The minimum absolute atomic E-state index is 0.221. The number of carbonyl (C=O) groups is 3. The van der Waals surface area contributed by atoms with Crippen molar-refractivity contribution < 1.29 is 19.1 Å². The highest BCUT2D eigenvalue weighted by Crippen LogP contribution is 2.27. The first-order valence-electron chi connectivity index (χ1n) is 15.9. The number of carbonyl (C=O) groups excluding carboxylic acids is 3. The van der Waals surface area contributed by atoms with Crippen LogP contribution in [0.5, 0.6) is 0 Å². The molecule has 1 unspecified atom stereocenters. The van der Waals surface area contributed by atoms with Gasteiger partial charge >= 0.3 is 11.8 Å². The highest BCUT2D eigenvalue weighted by molar-refractivity contribution is 6.00. The number of imidazole rings is 1. The van der Waals surface area contributed by atoms with Crippen LogP contribution < -0.4 is 16.3 Å². The number of amides is 3. The van der Waals surface area contributed by atoms with E-state index in [1.165, 1.54) is 10.1 Å². The van der Waals surface area contributed by atoms with E-state index in [2.05, 4.69) is 32.6 Å². The van der Waals surface area contributed by atoms with Gasteiger partial charge in [-0.1, -0.05) is 6.07 Å². The number of aromatic nitrogens is 2. The Morgan fingerprint density at radius 2 is 1.67 bits per heavy atom. The Hall–Kier alpha value is -3.18. The summed E-state index contributed by atoms with van der Waals surface area (Å²) in [5, 5.41) is 5.41. The van der Waals surface area contributed by atoms with E-state index >= 15 is 0 Å². The van der Waals surface area contributed by atoms with Gasteiger partial charge in [0.15, 0.2) is 0 Å². The lowest BCUT2D eigenvalue weighted by Gasteiger charge is -2.38. The number of fused-ring (bicyclic) bond motifs is 1. The summed E-state index contributed by atoms with van der Waals surface area (Å²) in [5.74, 6) is 0.000610. The van der Waals surface area contributed by atoms with Gasteiger partial charge in [0.2, 0.25) is 11.8 Å². The van der Waals surface area contributed by atoms with Gasteiger partial charge in [-0.2, -0.15) is 0 Å². The van der Waals surface area contributed by atoms with Crippen LogP contribution in [0.1, 0.15) is 77.3 Å². The molecule has 2 saturated heterocycles. The molecule has 1 aromatic carbocycles. The molecule has 0 bridgehead atoms. The fourth-order valence-corrected chi connectivity index (χ4v) is 6.83. The Morgan fingerprint density at radius 1 is 0.977 bits per heavy atom. The number of hydrogen-bond donors (Lipinski definition) is 2. The Morgan fingerprint density at radius 3 is 2.35 bits per heavy atom. The van der Waals surface area contributed by atoms with Crippen LogP contribution in [0.4, 0.5) is 4.79 Å². The highest BCUT2D eigenvalue weighted by atomic mass is 16.6. The summed E-state index contributed by atoms with van der Waals surface area (Å²) < 4.78 is 8.55. The number of benzene rings is 1. The van der Waals surface area contributed by atoms with Crippen molar-refractivity contribution in [3.63, 3.8) is 0 Å².